The van der Waals surface area contributed by atoms with E-state index < -0.39 is 0 Å². The van der Waals surface area contributed by atoms with Gasteiger partial charge in [-0.3, -0.25) is 0 Å². The van der Waals surface area contributed by atoms with E-state index in [1.54, 1.807) is 0 Å². The molecule has 1 nitrogen and oxygen atoms in total. The Hall–Kier alpha value is 0.250. The molecule has 2 heteroatoms. The average molecular weight is 350 g/mol. The van der Waals surface area contributed by atoms with E-state index in [1.807, 2.05) is 0 Å². The van der Waals surface area contributed by atoms with Crippen molar-refractivity contribution in [2.75, 3.05) is 26.2 Å². The van der Waals surface area contributed by atoms with Crippen molar-refractivity contribution >= 4 is 22.6 Å². The number of hydrogen-bond acceptors (Lipinski definition) is 0. The van der Waals surface area contributed by atoms with Gasteiger partial charge in [0.25, 0.3) is 0 Å². The lowest BCUT2D eigenvalue weighted by atomic mass is 10.1. The van der Waals surface area contributed by atoms with Gasteiger partial charge in [0.2, 0.25) is 0 Å². The molecule has 0 spiro atoms. The van der Waals surface area contributed by atoms with Crippen molar-refractivity contribution in [1.29, 1.82) is 0 Å². The van der Waals surface area contributed by atoms with Crippen molar-refractivity contribution in [3.8, 4) is 9.85 Å². The van der Waals surface area contributed by atoms with Crippen molar-refractivity contribution in [2.24, 2.45) is 0 Å². The lowest BCUT2D eigenvalue weighted by Gasteiger charge is -2.37. The minimum atomic E-state index is 1.06. The van der Waals surface area contributed by atoms with Crippen LogP contribution in [0.15, 0.2) is 0 Å². The van der Waals surface area contributed by atoms with Crippen LogP contribution in [0.3, 0.4) is 0 Å². The molecule has 100 valence electrons. The molecule has 0 fully saturated rings. The van der Waals surface area contributed by atoms with E-state index in [2.05, 4.69) is 53.2 Å². The number of unbranched alkanes of at least 4 members (excludes halogenated alkanes) is 3. The molecule has 17 heavy (non-hydrogen) atoms. The van der Waals surface area contributed by atoms with E-state index in [0.717, 1.165) is 6.54 Å². The molecule has 0 aliphatic carbocycles. The molecule has 0 saturated carbocycles. The molecular formula is C15H29IN+. The summed E-state index contributed by atoms with van der Waals surface area (Å²) in [7, 11) is 0. The second kappa shape index (κ2) is 11.3. The number of quaternary nitrogens is 1. The van der Waals surface area contributed by atoms with Gasteiger partial charge in [0.15, 0.2) is 0 Å². The summed E-state index contributed by atoms with van der Waals surface area (Å²) < 4.78 is 4.30. The second-order valence-corrected chi connectivity index (χ2v) is 5.54. The van der Waals surface area contributed by atoms with Crippen LogP contribution < -0.4 is 0 Å². The maximum absolute atomic E-state index is 3.32. The molecule has 0 aromatic carbocycles. The molecule has 0 N–H and O–H groups in total. The molecule has 0 aliphatic heterocycles. The summed E-state index contributed by atoms with van der Waals surface area (Å²) in [5, 5.41) is 0. The molecule has 0 heterocycles. The van der Waals surface area contributed by atoms with E-state index >= 15 is 0 Å². The van der Waals surface area contributed by atoms with Crippen molar-refractivity contribution in [3.05, 3.63) is 0 Å². The summed E-state index contributed by atoms with van der Waals surface area (Å²) in [5.41, 5.74) is 0. The Morgan fingerprint density at radius 1 is 0.824 bits per heavy atom. The average Bonchev–Trinajstić information content (AvgIpc) is 2.37. The van der Waals surface area contributed by atoms with Gasteiger partial charge in [-0.1, -0.05) is 40.0 Å². The minimum Gasteiger partial charge on any atom is -0.313 e. The van der Waals surface area contributed by atoms with Crippen molar-refractivity contribution < 1.29 is 4.48 Å². The molecule has 0 aliphatic rings. The predicted molar refractivity (Wildman–Crippen MR) is 86.2 cm³/mol. The highest BCUT2D eigenvalue weighted by Crippen LogP contribution is 2.14. The summed E-state index contributed by atoms with van der Waals surface area (Å²) in [6, 6.07) is 0. The van der Waals surface area contributed by atoms with Crippen LogP contribution in [-0.4, -0.2) is 30.7 Å². The van der Waals surface area contributed by atoms with Crippen LogP contribution in [0.4, 0.5) is 0 Å². The van der Waals surface area contributed by atoms with Crippen LogP contribution in [0.25, 0.3) is 0 Å². The molecule has 0 saturated heterocycles. The molecule has 0 aromatic rings. The highest BCUT2D eigenvalue weighted by molar-refractivity contribution is 14.1. The zero-order valence-electron chi connectivity index (χ0n) is 11.9. The lowest BCUT2D eigenvalue weighted by molar-refractivity contribution is -0.922. The zero-order chi connectivity index (χ0) is 13.0. The summed E-state index contributed by atoms with van der Waals surface area (Å²) in [4.78, 5) is 0. The molecule has 0 aromatic heterocycles. The fourth-order valence-corrected chi connectivity index (χ4v) is 2.42. The Morgan fingerprint density at radius 2 is 1.24 bits per heavy atom. The Bertz CT molecular complexity index is 205. The maximum atomic E-state index is 3.32. The van der Waals surface area contributed by atoms with E-state index in [9.17, 15) is 0 Å². The highest BCUT2D eigenvalue weighted by atomic mass is 127. The molecule has 0 unspecified atom stereocenters. The second-order valence-electron chi connectivity index (χ2n) is 5.00. The first-order chi connectivity index (χ1) is 8.24. The first-order valence-electron chi connectivity index (χ1n) is 7.18. The third-order valence-corrected chi connectivity index (χ3v) is 3.82. The maximum Gasteiger partial charge on any atom is 0.141 e. The predicted octanol–water partition coefficient (Wildman–Crippen LogP) is 4.60. The summed E-state index contributed by atoms with van der Waals surface area (Å²) in [6.07, 6.45) is 7.94. The quantitative estimate of drug-likeness (QED) is 0.307. The zero-order valence-corrected chi connectivity index (χ0v) is 14.1. The Kier molecular flexibility index (Phi) is 11.5. The normalized spacial score (nSPS) is 11.1. The molecule has 0 atom stereocenters. The standard InChI is InChI=1S/C15H29IN/c1-4-7-12-17(13-8-5-2,14-9-6-3)15-10-11-16/h4-9,12-15H2,1-3H3/q+1. The molecule has 0 rings (SSSR count). The fourth-order valence-electron chi connectivity index (χ4n) is 2.25. The van der Waals surface area contributed by atoms with Gasteiger partial charge in [0.05, 0.1) is 19.6 Å². The van der Waals surface area contributed by atoms with Crippen LogP contribution in [-0.2, 0) is 0 Å². The molecule has 0 radical (unpaired) electrons. The number of halogens is 1. The fraction of sp³-hybridized carbons (Fsp3) is 0.867. The summed E-state index contributed by atoms with van der Waals surface area (Å²) in [6.45, 7) is 11.9. The van der Waals surface area contributed by atoms with Gasteiger partial charge >= 0.3 is 0 Å². The van der Waals surface area contributed by atoms with Crippen molar-refractivity contribution in [1.82, 2.24) is 0 Å². The summed E-state index contributed by atoms with van der Waals surface area (Å²) >= 11 is 2.17. The SMILES string of the molecule is CCCC[N+](CC#CI)(CCCC)CCCC. The number of rotatable bonds is 10. The molecular weight excluding hydrogens is 321 g/mol. The largest absolute Gasteiger partial charge is 0.313 e. The van der Waals surface area contributed by atoms with Crippen LogP contribution >= 0.6 is 22.6 Å². The number of nitrogens with zero attached hydrogens (tertiary/aromatic N) is 1. The Morgan fingerprint density at radius 3 is 1.53 bits per heavy atom. The van der Waals surface area contributed by atoms with Gasteiger partial charge in [-0.2, -0.15) is 0 Å². The first kappa shape index (κ1) is 17.2. The summed E-state index contributed by atoms with van der Waals surface area (Å²) in [5.74, 6) is 3.32. The minimum absolute atomic E-state index is 1.06. The van der Waals surface area contributed by atoms with Gasteiger partial charge in [-0.15, -0.1) is 0 Å². The first-order valence-corrected chi connectivity index (χ1v) is 8.26. The van der Waals surface area contributed by atoms with Gasteiger partial charge in [0.1, 0.15) is 6.54 Å². The molecule has 0 amide bonds. The van der Waals surface area contributed by atoms with Gasteiger partial charge in [-0.05, 0) is 29.1 Å². The lowest BCUT2D eigenvalue weighted by Crippen LogP contribution is -2.50. The van der Waals surface area contributed by atoms with Gasteiger partial charge < -0.3 is 4.48 Å². The van der Waals surface area contributed by atoms with Crippen LogP contribution in [0.2, 0.25) is 0 Å². The van der Waals surface area contributed by atoms with E-state index in [1.165, 1.54) is 62.6 Å². The van der Waals surface area contributed by atoms with E-state index in [-0.39, 0.29) is 0 Å². The van der Waals surface area contributed by atoms with E-state index in [0.29, 0.717) is 0 Å². The molecule has 0 bridgehead atoms. The Labute approximate surface area is 122 Å². The number of hydrogen-bond donors (Lipinski definition) is 0. The van der Waals surface area contributed by atoms with Crippen LogP contribution in [0.1, 0.15) is 59.3 Å². The van der Waals surface area contributed by atoms with Crippen LogP contribution in [0.5, 0.6) is 0 Å². The third kappa shape index (κ3) is 8.05. The smallest absolute Gasteiger partial charge is 0.141 e. The van der Waals surface area contributed by atoms with Gasteiger partial charge in [0, 0.05) is 22.6 Å². The third-order valence-electron chi connectivity index (χ3n) is 3.44. The van der Waals surface area contributed by atoms with Gasteiger partial charge in [-0.25, -0.2) is 0 Å². The topological polar surface area (TPSA) is 0 Å². The van der Waals surface area contributed by atoms with Crippen molar-refractivity contribution in [2.45, 2.75) is 59.3 Å². The van der Waals surface area contributed by atoms with E-state index in [4.69, 9.17) is 0 Å². The Balaban J connectivity index is 4.54. The monoisotopic (exact) mass is 350 g/mol. The van der Waals surface area contributed by atoms with Crippen molar-refractivity contribution in [3.63, 3.8) is 0 Å². The van der Waals surface area contributed by atoms with Crippen LogP contribution in [0, 0.1) is 9.85 Å². The highest BCUT2D eigenvalue weighted by Gasteiger charge is 2.24.